The molecular formula is C28H37FN6O4. The van der Waals surface area contributed by atoms with E-state index < -0.39 is 17.7 Å². The van der Waals surface area contributed by atoms with Crippen LogP contribution < -0.4 is 10.3 Å². The third-order valence-corrected chi connectivity index (χ3v) is 6.70. The average molecular weight is 541 g/mol. The van der Waals surface area contributed by atoms with E-state index in [1.54, 1.807) is 12.3 Å². The zero-order valence-corrected chi connectivity index (χ0v) is 23.0. The van der Waals surface area contributed by atoms with Gasteiger partial charge in [0.25, 0.3) is 0 Å². The van der Waals surface area contributed by atoms with Crippen LogP contribution in [0.25, 0.3) is 5.65 Å². The number of amides is 1. The van der Waals surface area contributed by atoms with Crippen molar-refractivity contribution in [3.63, 3.8) is 0 Å². The van der Waals surface area contributed by atoms with Crippen LogP contribution in [0.15, 0.2) is 54.2 Å². The van der Waals surface area contributed by atoms with Crippen molar-refractivity contribution < 1.29 is 23.8 Å². The highest BCUT2D eigenvalue weighted by atomic mass is 19.1. The average Bonchev–Trinajstić information content (AvgIpc) is 3.41. The number of hydrazine groups is 1. The number of nitrogens with zero attached hydrogens (tertiary/aromatic N) is 5. The second kappa shape index (κ2) is 11.6. The Bertz CT molecular complexity index is 1300. The molecule has 39 heavy (non-hydrogen) atoms. The number of anilines is 1. The van der Waals surface area contributed by atoms with Crippen molar-refractivity contribution >= 4 is 23.5 Å². The first-order valence-electron chi connectivity index (χ1n) is 13.3. The molecule has 1 atom stereocenters. The van der Waals surface area contributed by atoms with Gasteiger partial charge in [-0.15, -0.1) is 0 Å². The third-order valence-electron chi connectivity index (χ3n) is 6.70. The topological polar surface area (TPSA) is 112 Å². The fourth-order valence-electron chi connectivity index (χ4n) is 4.73. The summed E-state index contributed by atoms with van der Waals surface area (Å²) in [6.45, 7) is 12.5. The van der Waals surface area contributed by atoms with Crippen molar-refractivity contribution in [2.45, 2.75) is 77.5 Å². The van der Waals surface area contributed by atoms with E-state index >= 15 is 0 Å². The summed E-state index contributed by atoms with van der Waals surface area (Å²) in [5, 5.41) is 15.5. The Hall–Kier alpha value is -3.73. The van der Waals surface area contributed by atoms with Crippen molar-refractivity contribution in [1.82, 2.24) is 25.0 Å². The van der Waals surface area contributed by atoms with Crippen LogP contribution in [0.5, 0.6) is 0 Å². The molecule has 2 fully saturated rings. The SMILES string of the molecule is C=C(/C(=C\C=C(/C)F)CCN(NC(=O)OC(C)(C)C)C1CC1)[C@H]1CCCN1c1ccn2ncc(C(=O)O)c2n1. The van der Waals surface area contributed by atoms with Crippen LogP contribution in [-0.2, 0) is 4.74 Å². The number of halogens is 1. The summed E-state index contributed by atoms with van der Waals surface area (Å²) in [4.78, 5) is 30.8. The maximum atomic E-state index is 13.8. The lowest BCUT2D eigenvalue weighted by molar-refractivity contribution is 0.0316. The lowest BCUT2D eigenvalue weighted by Crippen LogP contribution is -2.46. The summed E-state index contributed by atoms with van der Waals surface area (Å²) in [6.07, 6.45) is 9.91. The van der Waals surface area contributed by atoms with Crippen LogP contribution in [0.4, 0.5) is 15.0 Å². The van der Waals surface area contributed by atoms with Gasteiger partial charge in [0.2, 0.25) is 0 Å². The molecule has 1 amide bonds. The Morgan fingerprint density at radius 3 is 2.69 bits per heavy atom. The lowest BCUT2D eigenvalue weighted by atomic mass is 9.95. The number of carbonyl (C=O) groups excluding carboxylic acids is 1. The number of aromatic nitrogens is 3. The van der Waals surface area contributed by atoms with Gasteiger partial charge in [-0.05, 0) is 83.1 Å². The highest BCUT2D eigenvalue weighted by Gasteiger charge is 2.33. The molecule has 0 unspecified atom stereocenters. The molecular weight excluding hydrogens is 503 g/mol. The number of hydrogen-bond donors (Lipinski definition) is 2. The molecule has 4 rings (SSSR count). The summed E-state index contributed by atoms with van der Waals surface area (Å²) < 4.78 is 20.6. The maximum Gasteiger partial charge on any atom is 0.422 e. The molecule has 0 aromatic carbocycles. The quantitative estimate of drug-likeness (QED) is 0.318. The molecule has 1 saturated carbocycles. The van der Waals surface area contributed by atoms with E-state index in [4.69, 9.17) is 4.74 Å². The number of nitrogens with one attached hydrogen (secondary N) is 1. The Morgan fingerprint density at radius 2 is 2.05 bits per heavy atom. The number of allylic oxidation sites excluding steroid dienone is 3. The van der Waals surface area contributed by atoms with Gasteiger partial charge in [0, 0.05) is 25.3 Å². The van der Waals surface area contributed by atoms with Gasteiger partial charge in [-0.25, -0.2) is 28.5 Å². The van der Waals surface area contributed by atoms with Crippen LogP contribution in [0.2, 0.25) is 0 Å². The minimum absolute atomic E-state index is 0.0354. The van der Waals surface area contributed by atoms with E-state index in [1.807, 2.05) is 31.8 Å². The molecule has 1 aliphatic heterocycles. The van der Waals surface area contributed by atoms with Gasteiger partial charge in [-0.3, -0.25) is 5.43 Å². The van der Waals surface area contributed by atoms with Crippen LogP contribution in [0.1, 0.15) is 70.2 Å². The largest absolute Gasteiger partial charge is 0.477 e. The maximum absolute atomic E-state index is 13.8. The molecule has 2 aliphatic rings. The molecule has 1 saturated heterocycles. The Balaban J connectivity index is 1.53. The van der Waals surface area contributed by atoms with Crippen LogP contribution >= 0.6 is 0 Å². The Labute approximate surface area is 227 Å². The van der Waals surface area contributed by atoms with E-state index in [0.717, 1.165) is 43.4 Å². The molecule has 11 heteroatoms. The van der Waals surface area contributed by atoms with Crippen molar-refractivity contribution in [1.29, 1.82) is 0 Å². The fraction of sp³-hybridized carbons (Fsp3) is 0.500. The molecule has 1 aliphatic carbocycles. The van der Waals surface area contributed by atoms with Gasteiger partial charge in [0.15, 0.2) is 5.65 Å². The first-order chi connectivity index (χ1) is 18.4. The van der Waals surface area contributed by atoms with Crippen LogP contribution in [0, 0.1) is 0 Å². The summed E-state index contributed by atoms with van der Waals surface area (Å²) >= 11 is 0. The number of rotatable bonds is 10. The van der Waals surface area contributed by atoms with Gasteiger partial charge in [-0.2, -0.15) is 5.10 Å². The smallest absolute Gasteiger partial charge is 0.422 e. The van der Waals surface area contributed by atoms with E-state index in [0.29, 0.717) is 18.8 Å². The van der Waals surface area contributed by atoms with Crippen LogP contribution in [-0.4, -0.2) is 67.6 Å². The number of aromatic carboxylic acids is 1. The van der Waals surface area contributed by atoms with Gasteiger partial charge in [0.1, 0.15) is 17.0 Å². The highest BCUT2D eigenvalue weighted by molar-refractivity contribution is 5.94. The number of carboxylic acids is 1. The minimum Gasteiger partial charge on any atom is -0.477 e. The van der Waals surface area contributed by atoms with E-state index in [2.05, 4.69) is 27.0 Å². The van der Waals surface area contributed by atoms with Crippen molar-refractivity contribution in [3.8, 4) is 0 Å². The second-order valence-corrected chi connectivity index (χ2v) is 11.0. The zero-order valence-electron chi connectivity index (χ0n) is 23.0. The molecule has 3 heterocycles. The molecule has 210 valence electrons. The number of carbonyl (C=O) groups is 2. The molecule has 0 radical (unpaired) electrons. The monoisotopic (exact) mass is 540 g/mol. The Morgan fingerprint density at radius 1 is 1.31 bits per heavy atom. The zero-order chi connectivity index (χ0) is 28.3. The fourth-order valence-corrected chi connectivity index (χ4v) is 4.73. The second-order valence-electron chi connectivity index (χ2n) is 11.0. The van der Waals surface area contributed by atoms with Crippen molar-refractivity contribution in [3.05, 3.63) is 59.7 Å². The number of ether oxygens (including phenoxy) is 1. The molecule has 2 aromatic heterocycles. The third kappa shape index (κ3) is 7.23. The van der Waals surface area contributed by atoms with E-state index in [1.165, 1.54) is 23.7 Å². The van der Waals surface area contributed by atoms with Gasteiger partial charge >= 0.3 is 12.1 Å². The predicted octanol–water partition coefficient (Wildman–Crippen LogP) is 5.05. The predicted molar refractivity (Wildman–Crippen MR) is 146 cm³/mol. The van der Waals surface area contributed by atoms with Gasteiger partial charge in [-0.1, -0.05) is 12.7 Å². The van der Waals surface area contributed by atoms with E-state index in [9.17, 15) is 19.1 Å². The molecule has 10 nitrogen and oxygen atoms in total. The van der Waals surface area contributed by atoms with Gasteiger partial charge < -0.3 is 14.7 Å². The minimum atomic E-state index is -1.09. The molecule has 2 N–H and O–H groups in total. The first kappa shape index (κ1) is 28.3. The number of hydrogen-bond acceptors (Lipinski definition) is 7. The molecule has 0 spiro atoms. The number of fused-ring (bicyclic) bond motifs is 1. The standard InChI is InChI=1S/C28H37FN6O4/c1-18(29)8-9-20(12-15-34(21-10-11-21)32-27(38)39-28(3,4)5)19(2)23-7-6-14-33(23)24-13-16-35-25(31-24)22(17-30-35)26(36)37/h8-9,13,16-17,21,23H,2,6-7,10-12,14-15H2,1,3-5H3,(H,32,38)(H,36,37)/b18-8+,20-9-/t23-/m1/s1. The normalized spacial score (nSPS) is 18.6. The summed E-state index contributed by atoms with van der Waals surface area (Å²) in [5.74, 6) is -0.767. The summed E-state index contributed by atoms with van der Waals surface area (Å²) in [6, 6.07) is 1.96. The van der Waals surface area contributed by atoms with Crippen molar-refractivity contribution in [2.24, 2.45) is 0 Å². The van der Waals surface area contributed by atoms with Gasteiger partial charge in [0.05, 0.1) is 18.1 Å². The molecule has 0 bridgehead atoms. The summed E-state index contributed by atoms with van der Waals surface area (Å²) in [7, 11) is 0. The highest BCUT2D eigenvalue weighted by Crippen LogP contribution is 2.33. The first-order valence-corrected chi connectivity index (χ1v) is 13.3. The van der Waals surface area contributed by atoms with Crippen LogP contribution in [0.3, 0.4) is 0 Å². The molecule has 2 aromatic rings. The Kier molecular flexibility index (Phi) is 8.39. The van der Waals surface area contributed by atoms with Crippen molar-refractivity contribution in [2.75, 3.05) is 18.0 Å². The lowest BCUT2D eigenvalue weighted by Gasteiger charge is -2.30. The number of carboxylic acid groups (broad SMARTS) is 1. The summed E-state index contributed by atoms with van der Waals surface area (Å²) in [5.41, 5.74) is 4.29. The van der Waals surface area contributed by atoms with E-state index in [-0.39, 0.29) is 29.1 Å².